The molecule has 0 fully saturated rings. The zero-order chi connectivity index (χ0) is 19.2. The van der Waals surface area contributed by atoms with Crippen LogP contribution in [0.4, 0.5) is 5.95 Å². The molecule has 144 valence electrons. The van der Waals surface area contributed by atoms with Crippen molar-refractivity contribution in [1.29, 1.82) is 0 Å². The average Bonchev–Trinajstić information content (AvgIpc) is 2.69. The van der Waals surface area contributed by atoms with E-state index in [0.717, 1.165) is 43.9 Å². The van der Waals surface area contributed by atoms with Gasteiger partial charge in [-0.15, -0.1) is 0 Å². The minimum absolute atomic E-state index is 0.510. The third-order valence-electron chi connectivity index (χ3n) is 5.19. The molecule has 1 aliphatic heterocycles. The molecule has 1 atom stereocenters. The van der Waals surface area contributed by atoms with Gasteiger partial charge in [0.15, 0.2) is 0 Å². The van der Waals surface area contributed by atoms with Crippen molar-refractivity contribution in [2.75, 3.05) is 18.1 Å². The lowest BCUT2D eigenvalue weighted by molar-refractivity contribution is 0.228. The van der Waals surface area contributed by atoms with E-state index >= 15 is 0 Å². The Kier molecular flexibility index (Phi) is 6.49. The number of aromatic nitrogens is 2. The number of hydrogen-bond donors (Lipinski definition) is 0. The summed E-state index contributed by atoms with van der Waals surface area (Å²) in [5, 5.41) is 0. The van der Waals surface area contributed by atoms with E-state index in [1.807, 2.05) is 12.4 Å². The van der Waals surface area contributed by atoms with Crippen molar-refractivity contribution in [3.05, 3.63) is 64.9 Å². The first-order valence-electron chi connectivity index (χ1n) is 10.1. The molecule has 0 amide bonds. The molecule has 3 rings (SSSR count). The third-order valence-corrected chi connectivity index (χ3v) is 5.19. The summed E-state index contributed by atoms with van der Waals surface area (Å²) in [4.78, 5) is 11.5. The highest BCUT2D eigenvalue weighted by Gasteiger charge is 2.27. The maximum Gasteiger partial charge on any atom is 0.229 e. The summed E-state index contributed by atoms with van der Waals surface area (Å²) in [6.45, 7) is 10.0. The summed E-state index contributed by atoms with van der Waals surface area (Å²) in [6, 6.07) is 0. The molecular weight excluding hydrogens is 334 g/mol. The third kappa shape index (κ3) is 4.49. The van der Waals surface area contributed by atoms with Gasteiger partial charge in [0.2, 0.25) is 5.95 Å². The van der Waals surface area contributed by atoms with E-state index in [4.69, 9.17) is 4.74 Å². The van der Waals surface area contributed by atoms with E-state index in [-0.39, 0.29) is 0 Å². The van der Waals surface area contributed by atoms with Gasteiger partial charge < -0.3 is 9.64 Å². The Bertz CT molecular complexity index is 771. The maximum absolute atomic E-state index is 6.07. The van der Waals surface area contributed by atoms with Crippen LogP contribution < -0.4 is 4.90 Å². The van der Waals surface area contributed by atoms with Crippen molar-refractivity contribution >= 4 is 5.95 Å². The molecule has 2 aliphatic rings. The molecule has 1 aromatic heterocycles. The molecule has 0 bridgehead atoms. The highest BCUT2D eigenvalue weighted by atomic mass is 16.5. The lowest BCUT2D eigenvalue weighted by atomic mass is 9.89. The minimum atomic E-state index is 0.510. The standard InChI is InChI=1S/C23H31N3O/c1-5-10-20-14-24-23(25-15-20)26-16-17(3)22(27-6-2)21(18(26)4)13-19-11-8-7-9-12-19/h7-9,11,14-15,19H,5-6,10,12-13,16H2,1-4H3. The molecule has 0 saturated heterocycles. The van der Waals surface area contributed by atoms with Crippen molar-refractivity contribution < 1.29 is 4.74 Å². The molecule has 0 spiro atoms. The molecule has 0 aromatic carbocycles. The lowest BCUT2D eigenvalue weighted by Crippen LogP contribution is -2.31. The SMILES string of the molecule is CCCc1cnc(N2CC(C)=C(OCC)C(CC3C=CC=CC3)=C2C)nc1. The molecule has 2 heterocycles. The van der Waals surface area contributed by atoms with Gasteiger partial charge in [0, 0.05) is 23.7 Å². The maximum atomic E-state index is 6.07. The molecule has 1 unspecified atom stereocenters. The molecule has 0 saturated carbocycles. The van der Waals surface area contributed by atoms with Gasteiger partial charge in [-0.25, -0.2) is 9.97 Å². The number of rotatable bonds is 7. The van der Waals surface area contributed by atoms with Crippen LogP contribution in [0.15, 0.2) is 59.3 Å². The van der Waals surface area contributed by atoms with Gasteiger partial charge in [-0.2, -0.15) is 0 Å². The first kappa shape index (κ1) is 19.4. The first-order chi connectivity index (χ1) is 13.1. The van der Waals surface area contributed by atoms with E-state index in [1.165, 1.54) is 22.4 Å². The van der Waals surface area contributed by atoms with Crippen LogP contribution in [0.3, 0.4) is 0 Å². The Morgan fingerprint density at radius 3 is 2.56 bits per heavy atom. The van der Waals surface area contributed by atoms with Crippen LogP contribution in [0, 0.1) is 5.92 Å². The van der Waals surface area contributed by atoms with Crippen LogP contribution in [0.25, 0.3) is 0 Å². The average molecular weight is 366 g/mol. The number of nitrogens with zero attached hydrogens (tertiary/aromatic N) is 3. The van der Waals surface area contributed by atoms with Crippen molar-refractivity contribution in [2.45, 2.75) is 53.4 Å². The normalized spacial score (nSPS) is 19.9. The van der Waals surface area contributed by atoms with Crippen LogP contribution in [0.5, 0.6) is 0 Å². The van der Waals surface area contributed by atoms with Gasteiger partial charge in [-0.05, 0) is 57.1 Å². The molecule has 1 aliphatic carbocycles. The van der Waals surface area contributed by atoms with Gasteiger partial charge in [0.1, 0.15) is 5.76 Å². The predicted octanol–water partition coefficient (Wildman–Crippen LogP) is 5.36. The number of hydrogen-bond acceptors (Lipinski definition) is 4. The zero-order valence-electron chi connectivity index (χ0n) is 17.0. The smallest absolute Gasteiger partial charge is 0.229 e. The largest absolute Gasteiger partial charge is 0.494 e. The second kappa shape index (κ2) is 9.03. The quantitative estimate of drug-likeness (QED) is 0.652. The molecular formula is C23H31N3O. The second-order valence-corrected chi connectivity index (χ2v) is 7.35. The summed E-state index contributed by atoms with van der Waals surface area (Å²) >= 11 is 0. The van der Waals surface area contributed by atoms with Crippen molar-refractivity contribution in [2.24, 2.45) is 5.92 Å². The van der Waals surface area contributed by atoms with Crippen LogP contribution in [-0.4, -0.2) is 23.1 Å². The van der Waals surface area contributed by atoms with Crippen molar-refractivity contribution in [1.82, 2.24) is 9.97 Å². The fraction of sp³-hybridized carbons (Fsp3) is 0.478. The monoisotopic (exact) mass is 365 g/mol. The molecule has 27 heavy (non-hydrogen) atoms. The first-order valence-corrected chi connectivity index (χ1v) is 10.1. The summed E-state index contributed by atoms with van der Waals surface area (Å²) in [6.07, 6.45) is 16.9. The van der Waals surface area contributed by atoms with Crippen molar-refractivity contribution in [3.63, 3.8) is 0 Å². The van der Waals surface area contributed by atoms with E-state index in [0.29, 0.717) is 12.5 Å². The summed E-state index contributed by atoms with van der Waals surface area (Å²) in [5.41, 5.74) is 4.93. The van der Waals surface area contributed by atoms with E-state index in [1.54, 1.807) is 0 Å². The number of aryl methyl sites for hydroxylation is 1. The Morgan fingerprint density at radius 1 is 1.15 bits per heavy atom. The Morgan fingerprint density at radius 2 is 1.93 bits per heavy atom. The van der Waals surface area contributed by atoms with Gasteiger partial charge in [0.05, 0.1) is 13.2 Å². The molecule has 4 heteroatoms. The Labute approximate surface area is 163 Å². The number of anilines is 1. The summed E-state index contributed by atoms with van der Waals surface area (Å²) in [5.74, 6) is 2.35. The molecule has 4 nitrogen and oxygen atoms in total. The number of allylic oxidation sites excluding steroid dienone is 6. The minimum Gasteiger partial charge on any atom is -0.494 e. The summed E-state index contributed by atoms with van der Waals surface area (Å²) < 4.78 is 6.07. The van der Waals surface area contributed by atoms with Gasteiger partial charge >= 0.3 is 0 Å². The van der Waals surface area contributed by atoms with Gasteiger partial charge in [-0.1, -0.05) is 37.6 Å². The van der Waals surface area contributed by atoms with Crippen LogP contribution >= 0.6 is 0 Å². The highest BCUT2D eigenvalue weighted by molar-refractivity contribution is 5.52. The van der Waals surface area contributed by atoms with E-state index in [2.05, 4.69) is 66.9 Å². The van der Waals surface area contributed by atoms with Crippen LogP contribution in [-0.2, 0) is 11.2 Å². The molecule has 0 radical (unpaired) electrons. The summed E-state index contributed by atoms with van der Waals surface area (Å²) in [7, 11) is 0. The highest BCUT2D eigenvalue weighted by Crippen LogP contribution is 2.35. The molecule has 0 N–H and O–H groups in total. The zero-order valence-corrected chi connectivity index (χ0v) is 17.0. The van der Waals surface area contributed by atoms with Crippen LogP contribution in [0.2, 0.25) is 0 Å². The van der Waals surface area contributed by atoms with E-state index < -0.39 is 0 Å². The fourth-order valence-corrected chi connectivity index (χ4v) is 3.78. The van der Waals surface area contributed by atoms with E-state index in [9.17, 15) is 0 Å². The second-order valence-electron chi connectivity index (χ2n) is 7.35. The van der Waals surface area contributed by atoms with Gasteiger partial charge in [-0.3, -0.25) is 0 Å². The topological polar surface area (TPSA) is 38.2 Å². The fourth-order valence-electron chi connectivity index (χ4n) is 3.78. The lowest BCUT2D eigenvalue weighted by Gasteiger charge is -2.33. The Hall–Kier alpha value is -2.36. The van der Waals surface area contributed by atoms with Gasteiger partial charge in [0.25, 0.3) is 0 Å². The Balaban J connectivity index is 1.91. The van der Waals surface area contributed by atoms with Crippen molar-refractivity contribution in [3.8, 4) is 0 Å². The predicted molar refractivity (Wildman–Crippen MR) is 111 cm³/mol. The number of ether oxygens (including phenoxy) is 1. The molecule has 1 aromatic rings. The van der Waals surface area contributed by atoms with Crippen LogP contribution in [0.1, 0.15) is 52.5 Å².